The van der Waals surface area contributed by atoms with Crippen LogP contribution in [-0.2, 0) is 16.1 Å². The molecule has 1 N–H and O–H groups in total. The number of hydrogen-bond acceptors (Lipinski definition) is 5. The first kappa shape index (κ1) is 19.1. The number of hydrogen-bond donors (Lipinski definition) is 1. The van der Waals surface area contributed by atoms with Gasteiger partial charge in [0.05, 0.1) is 6.61 Å². The minimum atomic E-state index is -0.334. The van der Waals surface area contributed by atoms with Crippen molar-refractivity contribution in [2.45, 2.75) is 32.9 Å². The van der Waals surface area contributed by atoms with Crippen LogP contribution in [0.1, 0.15) is 30.0 Å². The molecule has 142 valence electrons. The third-order valence-electron chi connectivity index (χ3n) is 4.64. The highest BCUT2D eigenvalue weighted by molar-refractivity contribution is 5.86. The Labute approximate surface area is 161 Å². The molecule has 0 amide bonds. The largest absolute Gasteiger partial charge is 0.463 e. The number of likely N-dealkylation sites (tertiary alicyclic amines) is 1. The van der Waals surface area contributed by atoms with Crippen LogP contribution in [0.4, 0.5) is 5.82 Å². The van der Waals surface area contributed by atoms with Crippen molar-refractivity contribution in [1.82, 2.24) is 9.88 Å². The first-order valence-electron chi connectivity index (χ1n) is 9.47. The summed E-state index contributed by atoms with van der Waals surface area (Å²) in [6, 6.07) is 13.1. The number of nitrogens with one attached hydrogen (secondary N) is 1. The molecule has 0 radical (unpaired) electrons. The number of rotatable bonds is 7. The van der Waals surface area contributed by atoms with Crippen LogP contribution in [0.25, 0.3) is 6.08 Å². The van der Waals surface area contributed by atoms with E-state index in [1.54, 1.807) is 19.2 Å². The second kappa shape index (κ2) is 9.33. The molecule has 1 saturated heterocycles. The van der Waals surface area contributed by atoms with Gasteiger partial charge in [-0.1, -0.05) is 29.8 Å². The summed E-state index contributed by atoms with van der Waals surface area (Å²) in [5.41, 5.74) is 3.53. The summed E-state index contributed by atoms with van der Waals surface area (Å²) in [6.07, 6.45) is 6.01. The molecule has 2 heterocycles. The van der Waals surface area contributed by atoms with E-state index in [0.29, 0.717) is 12.6 Å². The minimum Gasteiger partial charge on any atom is -0.463 e. The Kier molecular flexibility index (Phi) is 6.60. The lowest BCUT2D eigenvalue weighted by atomic mass is 10.1. The lowest BCUT2D eigenvalue weighted by Gasteiger charge is -2.17. The van der Waals surface area contributed by atoms with Crippen molar-refractivity contribution in [3.05, 3.63) is 65.4 Å². The standard InChI is InChI=1S/C22H27N3O2/c1-3-27-22(26)11-9-18-8-10-21(23-14-18)24-20-12-13-25(16-20)15-19-6-4-17(2)5-7-19/h4-11,14,20H,3,12-13,15-16H2,1-2H3,(H,23,24)/b11-9+/t20-/m1/s1. The summed E-state index contributed by atoms with van der Waals surface area (Å²) in [4.78, 5) is 18.3. The summed E-state index contributed by atoms with van der Waals surface area (Å²) in [5.74, 6) is 0.532. The topological polar surface area (TPSA) is 54.5 Å². The predicted molar refractivity (Wildman–Crippen MR) is 108 cm³/mol. The van der Waals surface area contributed by atoms with Crippen molar-refractivity contribution in [2.24, 2.45) is 0 Å². The van der Waals surface area contributed by atoms with Crippen LogP contribution >= 0.6 is 0 Å². The van der Waals surface area contributed by atoms with E-state index in [0.717, 1.165) is 37.4 Å². The molecule has 3 rings (SSSR count). The first-order valence-corrected chi connectivity index (χ1v) is 9.47. The van der Waals surface area contributed by atoms with Crippen LogP contribution in [0, 0.1) is 6.92 Å². The second-order valence-corrected chi connectivity index (χ2v) is 6.91. The number of ether oxygens (including phenoxy) is 1. The fraction of sp³-hybridized carbons (Fsp3) is 0.364. The van der Waals surface area contributed by atoms with Gasteiger partial charge in [0.15, 0.2) is 0 Å². The van der Waals surface area contributed by atoms with E-state index in [4.69, 9.17) is 4.74 Å². The average Bonchev–Trinajstić information content (AvgIpc) is 3.10. The molecule has 0 aliphatic carbocycles. The monoisotopic (exact) mass is 365 g/mol. The van der Waals surface area contributed by atoms with Gasteiger partial charge in [-0.2, -0.15) is 0 Å². The molecule has 2 aromatic rings. The van der Waals surface area contributed by atoms with Crippen LogP contribution in [0.2, 0.25) is 0 Å². The smallest absolute Gasteiger partial charge is 0.330 e. The Bertz CT molecular complexity index is 769. The molecular weight excluding hydrogens is 338 g/mol. The summed E-state index contributed by atoms with van der Waals surface area (Å²) < 4.78 is 4.87. The maximum atomic E-state index is 11.3. The Morgan fingerprint density at radius 3 is 2.81 bits per heavy atom. The van der Waals surface area contributed by atoms with Crippen molar-refractivity contribution in [2.75, 3.05) is 25.0 Å². The van der Waals surface area contributed by atoms with Gasteiger partial charge < -0.3 is 10.1 Å². The predicted octanol–water partition coefficient (Wildman–Crippen LogP) is 3.65. The van der Waals surface area contributed by atoms with Gasteiger partial charge in [0.25, 0.3) is 0 Å². The zero-order chi connectivity index (χ0) is 19.1. The highest BCUT2D eigenvalue weighted by Crippen LogP contribution is 2.17. The first-order chi connectivity index (χ1) is 13.1. The quantitative estimate of drug-likeness (QED) is 0.599. The van der Waals surface area contributed by atoms with Crippen LogP contribution < -0.4 is 5.32 Å². The summed E-state index contributed by atoms with van der Waals surface area (Å²) in [7, 11) is 0. The summed E-state index contributed by atoms with van der Waals surface area (Å²) in [5, 5.41) is 3.51. The SMILES string of the molecule is CCOC(=O)/C=C/c1ccc(N[C@@H]2CCN(Cc3ccc(C)cc3)C2)nc1. The number of pyridine rings is 1. The summed E-state index contributed by atoms with van der Waals surface area (Å²) >= 11 is 0. The molecule has 1 aliphatic heterocycles. The zero-order valence-corrected chi connectivity index (χ0v) is 16.0. The number of carbonyl (C=O) groups is 1. The van der Waals surface area contributed by atoms with E-state index in [1.165, 1.54) is 17.2 Å². The molecule has 1 fully saturated rings. The van der Waals surface area contributed by atoms with Gasteiger partial charge in [0, 0.05) is 37.9 Å². The Balaban J connectivity index is 1.48. The van der Waals surface area contributed by atoms with Gasteiger partial charge in [0.2, 0.25) is 0 Å². The van der Waals surface area contributed by atoms with E-state index in [2.05, 4.69) is 46.4 Å². The van der Waals surface area contributed by atoms with Gasteiger partial charge in [-0.15, -0.1) is 0 Å². The number of anilines is 1. The lowest BCUT2D eigenvalue weighted by Crippen LogP contribution is -2.26. The molecule has 0 saturated carbocycles. The average molecular weight is 365 g/mol. The molecule has 0 spiro atoms. The number of aromatic nitrogens is 1. The van der Waals surface area contributed by atoms with E-state index in [-0.39, 0.29) is 5.97 Å². The van der Waals surface area contributed by atoms with E-state index < -0.39 is 0 Å². The van der Waals surface area contributed by atoms with Crippen molar-refractivity contribution in [3.8, 4) is 0 Å². The molecular formula is C22H27N3O2. The molecule has 5 nitrogen and oxygen atoms in total. The number of benzene rings is 1. The lowest BCUT2D eigenvalue weighted by molar-refractivity contribution is -0.137. The van der Waals surface area contributed by atoms with Crippen molar-refractivity contribution in [3.63, 3.8) is 0 Å². The maximum Gasteiger partial charge on any atom is 0.330 e. The van der Waals surface area contributed by atoms with Gasteiger partial charge in [-0.25, -0.2) is 9.78 Å². The Morgan fingerprint density at radius 2 is 2.11 bits per heavy atom. The number of aryl methyl sites for hydroxylation is 1. The molecule has 1 aromatic carbocycles. The van der Waals surface area contributed by atoms with Gasteiger partial charge >= 0.3 is 5.97 Å². The van der Waals surface area contributed by atoms with E-state index >= 15 is 0 Å². The van der Waals surface area contributed by atoms with Crippen LogP contribution in [0.15, 0.2) is 48.7 Å². The second-order valence-electron chi connectivity index (χ2n) is 6.91. The molecule has 0 unspecified atom stereocenters. The zero-order valence-electron chi connectivity index (χ0n) is 16.0. The molecule has 1 aromatic heterocycles. The molecule has 1 atom stereocenters. The minimum absolute atomic E-state index is 0.334. The van der Waals surface area contributed by atoms with E-state index in [1.807, 2.05) is 12.1 Å². The Morgan fingerprint density at radius 1 is 1.30 bits per heavy atom. The van der Waals surface area contributed by atoms with Crippen molar-refractivity contribution >= 4 is 17.9 Å². The number of esters is 1. The van der Waals surface area contributed by atoms with E-state index in [9.17, 15) is 4.79 Å². The maximum absolute atomic E-state index is 11.3. The normalized spacial score (nSPS) is 17.3. The highest BCUT2D eigenvalue weighted by Gasteiger charge is 2.22. The summed E-state index contributed by atoms with van der Waals surface area (Å²) in [6.45, 7) is 7.38. The van der Waals surface area contributed by atoms with Crippen LogP contribution in [0.3, 0.4) is 0 Å². The third kappa shape index (κ3) is 5.93. The number of carbonyl (C=O) groups excluding carboxylic acids is 1. The highest BCUT2D eigenvalue weighted by atomic mass is 16.5. The Hall–Kier alpha value is -2.66. The van der Waals surface area contributed by atoms with Gasteiger partial charge in [-0.05, 0) is 49.6 Å². The van der Waals surface area contributed by atoms with Crippen LogP contribution in [0.5, 0.6) is 0 Å². The fourth-order valence-corrected chi connectivity index (χ4v) is 3.20. The van der Waals surface area contributed by atoms with Gasteiger partial charge in [-0.3, -0.25) is 4.90 Å². The molecule has 0 bridgehead atoms. The fourth-order valence-electron chi connectivity index (χ4n) is 3.20. The molecule has 1 aliphatic rings. The van der Waals surface area contributed by atoms with Crippen LogP contribution in [-0.4, -0.2) is 41.6 Å². The van der Waals surface area contributed by atoms with Crippen molar-refractivity contribution in [1.29, 1.82) is 0 Å². The van der Waals surface area contributed by atoms with Gasteiger partial charge in [0.1, 0.15) is 5.82 Å². The molecule has 5 heteroatoms. The number of nitrogens with zero attached hydrogens (tertiary/aromatic N) is 2. The molecule has 27 heavy (non-hydrogen) atoms. The third-order valence-corrected chi connectivity index (χ3v) is 4.64. The van der Waals surface area contributed by atoms with Crippen molar-refractivity contribution < 1.29 is 9.53 Å².